The van der Waals surface area contributed by atoms with Gasteiger partial charge in [-0.2, -0.15) is 11.8 Å². The molecule has 0 amide bonds. The molecule has 6 nitrogen and oxygen atoms in total. The van der Waals surface area contributed by atoms with Gasteiger partial charge >= 0.3 is 11.9 Å². The molecule has 1 aliphatic rings. The Balaban J connectivity index is 2.24. The Kier molecular flexibility index (Phi) is 14.5. The summed E-state index contributed by atoms with van der Waals surface area (Å²) in [6.07, 6.45) is 8.87. The molecule has 0 aromatic rings. The van der Waals surface area contributed by atoms with Crippen LogP contribution in [-0.2, 0) is 19.1 Å². The summed E-state index contributed by atoms with van der Waals surface area (Å²) in [5.74, 6) is 1.28. The van der Waals surface area contributed by atoms with E-state index in [0.29, 0.717) is 44.3 Å². The van der Waals surface area contributed by atoms with Gasteiger partial charge in [-0.3, -0.25) is 9.59 Å². The molecule has 1 aliphatic carbocycles. The summed E-state index contributed by atoms with van der Waals surface area (Å²) in [7, 11) is 0. The van der Waals surface area contributed by atoms with Crippen LogP contribution in [0.1, 0.15) is 71.6 Å². The molecule has 1 rings (SSSR count). The Bertz CT molecular complexity index is 429. The molecule has 7 heteroatoms. The van der Waals surface area contributed by atoms with Gasteiger partial charge in [0.1, 0.15) is 6.04 Å². The van der Waals surface area contributed by atoms with Crippen LogP contribution in [0.4, 0.5) is 0 Å². The highest BCUT2D eigenvalue weighted by atomic mass is 32.2. The minimum atomic E-state index is -0.325. The fourth-order valence-corrected chi connectivity index (χ4v) is 4.42. The average molecular weight is 418 g/mol. The van der Waals surface area contributed by atoms with Crippen LogP contribution in [0, 0.1) is 5.92 Å². The highest BCUT2D eigenvalue weighted by Crippen LogP contribution is 2.27. The van der Waals surface area contributed by atoms with Crippen LogP contribution in [0.3, 0.4) is 0 Å². The Labute approximate surface area is 174 Å². The second-order valence-electron chi connectivity index (χ2n) is 7.37. The van der Waals surface area contributed by atoms with Crippen molar-refractivity contribution in [2.75, 3.05) is 31.3 Å². The topological polar surface area (TPSA) is 84.9 Å². The van der Waals surface area contributed by atoms with Crippen molar-refractivity contribution < 1.29 is 24.2 Å². The molecule has 0 aromatic heterocycles. The number of aliphatic hydroxyl groups is 1. The summed E-state index contributed by atoms with van der Waals surface area (Å²) < 4.78 is 10.1. The molecule has 164 valence electrons. The van der Waals surface area contributed by atoms with E-state index in [4.69, 9.17) is 9.47 Å². The average Bonchev–Trinajstić information content (AvgIpc) is 2.70. The molecule has 0 bridgehead atoms. The van der Waals surface area contributed by atoms with E-state index in [0.717, 1.165) is 31.4 Å². The molecular weight excluding hydrogens is 378 g/mol. The number of carbonyl (C=O) groups excluding carboxylic acids is 2. The number of aliphatic hydroxyl groups excluding tert-OH is 1. The smallest absolute Gasteiger partial charge is 0.323 e. The first-order valence-electron chi connectivity index (χ1n) is 10.9. The SMILES string of the molecule is CCOC(=O)CSCCCCC(NCCC(O)C1CCCCC1)C(=O)OCC. The third kappa shape index (κ3) is 11.3. The highest BCUT2D eigenvalue weighted by Gasteiger charge is 2.23. The van der Waals surface area contributed by atoms with E-state index in [9.17, 15) is 14.7 Å². The minimum absolute atomic E-state index is 0.171. The molecule has 0 spiro atoms. The van der Waals surface area contributed by atoms with Gasteiger partial charge in [0.25, 0.3) is 0 Å². The molecule has 0 aliphatic heterocycles. The summed E-state index contributed by atoms with van der Waals surface area (Å²) in [5.41, 5.74) is 0. The molecule has 1 fully saturated rings. The Morgan fingerprint density at radius 1 is 1.07 bits per heavy atom. The van der Waals surface area contributed by atoms with Crippen molar-refractivity contribution in [2.45, 2.75) is 83.8 Å². The van der Waals surface area contributed by atoms with E-state index in [1.54, 1.807) is 18.7 Å². The van der Waals surface area contributed by atoms with Crippen LogP contribution >= 0.6 is 11.8 Å². The molecule has 28 heavy (non-hydrogen) atoms. The number of unbranched alkanes of at least 4 members (excludes halogenated alkanes) is 1. The van der Waals surface area contributed by atoms with Crippen molar-refractivity contribution >= 4 is 23.7 Å². The fourth-order valence-electron chi connectivity index (χ4n) is 3.62. The largest absolute Gasteiger partial charge is 0.465 e. The zero-order chi connectivity index (χ0) is 20.6. The van der Waals surface area contributed by atoms with E-state index in [-0.39, 0.29) is 24.1 Å². The first kappa shape index (κ1) is 25.2. The van der Waals surface area contributed by atoms with Gasteiger partial charge in [-0.05, 0) is 64.2 Å². The summed E-state index contributed by atoms with van der Waals surface area (Å²) in [6.45, 7) is 5.03. The first-order chi connectivity index (χ1) is 13.6. The number of esters is 2. The normalized spacial score (nSPS) is 17.1. The zero-order valence-corrected chi connectivity index (χ0v) is 18.4. The quantitative estimate of drug-likeness (QED) is 0.312. The number of nitrogens with one attached hydrogen (secondary N) is 1. The van der Waals surface area contributed by atoms with Crippen molar-refractivity contribution in [2.24, 2.45) is 5.92 Å². The van der Waals surface area contributed by atoms with Crippen LogP contribution in [0.5, 0.6) is 0 Å². The van der Waals surface area contributed by atoms with E-state index in [1.165, 1.54) is 19.3 Å². The lowest BCUT2D eigenvalue weighted by Gasteiger charge is -2.27. The summed E-state index contributed by atoms with van der Waals surface area (Å²) in [6, 6.07) is -0.325. The molecule has 1 saturated carbocycles. The molecule has 0 saturated heterocycles. The third-order valence-electron chi connectivity index (χ3n) is 5.15. The summed E-state index contributed by atoms with van der Waals surface area (Å²) >= 11 is 1.57. The van der Waals surface area contributed by atoms with Crippen LogP contribution < -0.4 is 5.32 Å². The molecule has 0 heterocycles. The Morgan fingerprint density at radius 3 is 2.46 bits per heavy atom. The minimum Gasteiger partial charge on any atom is -0.465 e. The standard InChI is InChI=1S/C21H39NO5S/c1-3-26-20(24)16-28-15-9-8-12-18(21(25)27-4-2)22-14-13-19(23)17-10-6-5-7-11-17/h17-19,22-23H,3-16H2,1-2H3. The van der Waals surface area contributed by atoms with Crippen LogP contribution in [0.15, 0.2) is 0 Å². The zero-order valence-electron chi connectivity index (χ0n) is 17.6. The first-order valence-corrected chi connectivity index (χ1v) is 12.0. The maximum Gasteiger partial charge on any atom is 0.323 e. The van der Waals surface area contributed by atoms with Crippen molar-refractivity contribution in [1.29, 1.82) is 0 Å². The van der Waals surface area contributed by atoms with Gasteiger partial charge in [-0.1, -0.05) is 25.7 Å². The second kappa shape index (κ2) is 16.1. The van der Waals surface area contributed by atoms with E-state index in [1.807, 2.05) is 6.92 Å². The predicted molar refractivity (Wildman–Crippen MR) is 113 cm³/mol. The Hall–Kier alpha value is -0.790. The van der Waals surface area contributed by atoms with Gasteiger partial charge in [-0.25, -0.2) is 0 Å². The summed E-state index contributed by atoms with van der Waals surface area (Å²) in [5, 5.41) is 13.7. The van der Waals surface area contributed by atoms with Crippen molar-refractivity contribution in [3.63, 3.8) is 0 Å². The van der Waals surface area contributed by atoms with Gasteiger partial charge in [-0.15, -0.1) is 0 Å². The third-order valence-corrected chi connectivity index (χ3v) is 6.17. The number of thioether (sulfide) groups is 1. The molecule has 2 atom stereocenters. The lowest BCUT2D eigenvalue weighted by Crippen LogP contribution is -2.40. The maximum absolute atomic E-state index is 12.2. The monoisotopic (exact) mass is 417 g/mol. The van der Waals surface area contributed by atoms with Gasteiger partial charge in [0.15, 0.2) is 0 Å². The molecular formula is C21H39NO5S. The fraction of sp³-hybridized carbons (Fsp3) is 0.905. The number of hydrogen-bond acceptors (Lipinski definition) is 7. The highest BCUT2D eigenvalue weighted by molar-refractivity contribution is 7.99. The Morgan fingerprint density at radius 2 is 1.79 bits per heavy atom. The number of carbonyl (C=O) groups is 2. The van der Waals surface area contributed by atoms with Crippen molar-refractivity contribution in [1.82, 2.24) is 5.32 Å². The van der Waals surface area contributed by atoms with Crippen molar-refractivity contribution in [3.05, 3.63) is 0 Å². The van der Waals surface area contributed by atoms with Gasteiger partial charge in [0.05, 0.1) is 25.1 Å². The van der Waals surface area contributed by atoms with Crippen LogP contribution in [0.2, 0.25) is 0 Å². The maximum atomic E-state index is 12.2. The van der Waals surface area contributed by atoms with E-state index >= 15 is 0 Å². The number of rotatable bonds is 15. The lowest BCUT2D eigenvalue weighted by atomic mass is 9.84. The summed E-state index contributed by atoms with van der Waals surface area (Å²) in [4.78, 5) is 23.5. The predicted octanol–water partition coefficient (Wildman–Crippen LogP) is 3.31. The molecule has 2 unspecified atom stereocenters. The van der Waals surface area contributed by atoms with Gasteiger partial charge in [0, 0.05) is 0 Å². The molecule has 0 aromatic carbocycles. The van der Waals surface area contributed by atoms with Crippen molar-refractivity contribution in [3.8, 4) is 0 Å². The molecule has 0 radical (unpaired) electrons. The van der Waals surface area contributed by atoms with Gasteiger partial charge in [0.2, 0.25) is 0 Å². The lowest BCUT2D eigenvalue weighted by molar-refractivity contribution is -0.146. The molecule has 2 N–H and O–H groups in total. The van der Waals surface area contributed by atoms with Crippen LogP contribution in [-0.4, -0.2) is 60.5 Å². The number of ether oxygens (including phenoxy) is 2. The van der Waals surface area contributed by atoms with E-state index in [2.05, 4.69) is 5.32 Å². The second-order valence-corrected chi connectivity index (χ2v) is 8.47. The van der Waals surface area contributed by atoms with Gasteiger partial charge < -0.3 is 19.9 Å². The van der Waals surface area contributed by atoms with Crippen LogP contribution in [0.25, 0.3) is 0 Å². The van der Waals surface area contributed by atoms with E-state index < -0.39 is 0 Å². The number of hydrogen-bond donors (Lipinski definition) is 2.